The van der Waals surface area contributed by atoms with E-state index in [2.05, 4.69) is 37.2 Å². The normalized spacial score (nSPS) is 24.3. The fourth-order valence-electron chi connectivity index (χ4n) is 7.34. The molecule has 0 spiro atoms. The van der Waals surface area contributed by atoms with E-state index in [9.17, 15) is 57.8 Å². The van der Waals surface area contributed by atoms with E-state index in [1.54, 1.807) is 26.0 Å². The Morgan fingerprint density at radius 1 is 0.786 bits per heavy atom. The van der Waals surface area contributed by atoms with Crippen LogP contribution in [0.2, 0.25) is 0 Å². The summed E-state index contributed by atoms with van der Waals surface area (Å²) < 4.78 is 0. The van der Waals surface area contributed by atoms with Gasteiger partial charge in [-0.2, -0.15) is 0 Å². The summed E-state index contributed by atoms with van der Waals surface area (Å²) in [4.78, 5) is 148. The van der Waals surface area contributed by atoms with Crippen molar-refractivity contribution in [3.8, 4) is 5.75 Å². The zero-order valence-electron chi connectivity index (χ0n) is 39.5. The fraction of sp³-hybridized carbons (Fsp3) is 0.605. The smallest absolute Gasteiger partial charge is 0.246 e. The fourth-order valence-corrected chi connectivity index (χ4v) is 11.2. The number of nitrogens with zero attached hydrogens (tertiary/aromatic N) is 1. The van der Waals surface area contributed by atoms with Crippen LogP contribution in [0.15, 0.2) is 24.3 Å². The molecule has 0 unspecified atom stereocenters. The van der Waals surface area contributed by atoms with Crippen molar-refractivity contribution in [2.24, 2.45) is 34.8 Å². The number of carbonyl (C=O) groups excluding carboxylic acids is 11. The van der Waals surface area contributed by atoms with Gasteiger partial charge in [0, 0.05) is 30.9 Å². The van der Waals surface area contributed by atoms with Gasteiger partial charge in [0.2, 0.25) is 65.0 Å². The van der Waals surface area contributed by atoms with Gasteiger partial charge < -0.3 is 70.2 Å². The number of nitrogens with one attached hydrogen (secondary N) is 7. The molecule has 2 aliphatic heterocycles. The molecule has 0 saturated carbocycles. The summed E-state index contributed by atoms with van der Waals surface area (Å²) in [5.41, 5.74) is 22.9. The van der Waals surface area contributed by atoms with E-state index in [4.69, 9.17) is 22.9 Å². The number of carbonyl (C=O) groups is 11. The highest BCUT2D eigenvalue weighted by molar-refractivity contribution is 9.09. The topological polar surface area (TPSA) is 400 Å². The van der Waals surface area contributed by atoms with Crippen LogP contribution in [0, 0.1) is 11.8 Å². The number of amides is 11. The van der Waals surface area contributed by atoms with Gasteiger partial charge in [-0.3, -0.25) is 52.7 Å². The molecule has 1 aromatic rings. The Balaban J connectivity index is 2.04. The number of rotatable bonds is 17. The monoisotopic (exact) mass is 1040 g/mol. The molecule has 27 heteroatoms. The lowest BCUT2D eigenvalue weighted by Crippen LogP contribution is -2.61. The van der Waals surface area contributed by atoms with Gasteiger partial charge in [-0.05, 0) is 65.0 Å². The van der Waals surface area contributed by atoms with E-state index < -0.39 is 145 Å². The van der Waals surface area contributed by atoms with Crippen molar-refractivity contribution in [1.29, 1.82) is 0 Å². The summed E-state index contributed by atoms with van der Waals surface area (Å²) in [6, 6.07) is -4.91. The molecule has 3 rings (SSSR count). The van der Waals surface area contributed by atoms with Crippen LogP contribution in [-0.2, 0) is 59.2 Å². The zero-order valence-corrected chi connectivity index (χ0v) is 41.9. The van der Waals surface area contributed by atoms with Crippen LogP contribution in [0.5, 0.6) is 5.75 Å². The van der Waals surface area contributed by atoms with Crippen LogP contribution < -0.4 is 60.2 Å². The number of nitrogens with two attached hydrogens (primary N) is 4. The zero-order chi connectivity index (χ0) is 52.2. The number of phenols is 1. The molecule has 2 heterocycles. The molecule has 2 fully saturated rings. The molecule has 0 aromatic heterocycles. The van der Waals surface area contributed by atoms with Crippen LogP contribution in [-0.4, -0.2) is 148 Å². The first-order valence-electron chi connectivity index (χ1n) is 22.7. The third-order valence-electron chi connectivity index (χ3n) is 11.3. The van der Waals surface area contributed by atoms with E-state index in [0.717, 1.165) is 31.4 Å². The lowest BCUT2D eigenvalue weighted by atomic mass is 9.96. The van der Waals surface area contributed by atoms with Crippen molar-refractivity contribution in [3.05, 3.63) is 29.8 Å². The quantitative estimate of drug-likeness (QED) is 0.0694. The molecule has 24 nitrogen and oxygen atoms in total. The summed E-state index contributed by atoms with van der Waals surface area (Å²) in [5.74, 6) is -10.2. The minimum Gasteiger partial charge on any atom is -0.508 e. The van der Waals surface area contributed by atoms with Crippen molar-refractivity contribution >= 4 is 96.4 Å². The van der Waals surface area contributed by atoms with E-state index in [0.29, 0.717) is 18.4 Å². The van der Waals surface area contributed by atoms with Crippen LogP contribution in [0.3, 0.4) is 0 Å². The molecule has 0 aliphatic carbocycles. The maximum Gasteiger partial charge on any atom is 0.246 e. The predicted octanol–water partition coefficient (Wildman–Crippen LogP) is -2.96. The van der Waals surface area contributed by atoms with Crippen LogP contribution in [0.1, 0.15) is 78.2 Å². The third-order valence-corrected chi connectivity index (χ3v) is 15.6. The van der Waals surface area contributed by atoms with E-state index in [1.807, 2.05) is 13.8 Å². The van der Waals surface area contributed by atoms with Crippen molar-refractivity contribution in [3.63, 3.8) is 0 Å². The molecule has 9 atom stereocenters. The van der Waals surface area contributed by atoms with Gasteiger partial charge in [-0.25, -0.2) is 0 Å². The Morgan fingerprint density at radius 2 is 1.40 bits per heavy atom. The molecular formula is C43H66N12O12S3. The number of aromatic hydroxyl groups is 1. The molecule has 2 saturated heterocycles. The molecule has 2 aliphatic rings. The number of phenolic OH excluding ortho intramolecular Hbond substituents is 1. The Kier molecular flexibility index (Phi) is 24.0. The summed E-state index contributed by atoms with van der Waals surface area (Å²) in [7, 11) is 3.28. The van der Waals surface area contributed by atoms with Gasteiger partial charge in [0.1, 0.15) is 48.0 Å². The molecule has 0 bridgehead atoms. The Bertz CT molecular complexity index is 2070. The van der Waals surface area contributed by atoms with Crippen molar-refractivity contribution in [2.75, 3.05) is 24.6 Å². The molecule has 1 aromatic carbocycles. The van der Waals surface area contributed by atoms with Crippen LogP contribution in [0.4, 0.5) is 0 Å². The number of benzene rings is 1. The highest BCUT2D eigenvalue weighted by Gasteiger charge is 2.41. The Hall–Kier alpha value is -5.80. The van der Waals surface area contributed by atoms with E-state index >= 15 is 0 Å². The SMILES string of the molecule is CC[C@H](C)[C@@H]1NC(=O)[C@H](Cc2ccc(O)cc2)NC(=O)[C@@H](N)CSSSC[C@@H](C(=O)N2CCC[C@H]2C(=O)N[C@@H](CC(C)C)C(=O)NCC(N)=O)NC(=O)[C@H](CC(N)=O)NC(=O)[C@H](CCC(N)=O)NC1=O. The van der Waals surface area contributed by atoms with Crippen molar-refractivity contribution in [2.45, 2.75) is 127 Å². The molecule has 388 valence electrons. The summed E-state index contributed by atoms with van der Waals surface area (Å²) in [6.45, 7) is 6.63. The number of hydrogen-bond acceptors (Lipinski definition) is 16. The van der Waals surface area contributed by atoms with Crippen molar-refractivity contribution < 1.29 is 57.8 Å². The highest BCUT2D eigenvalue weighted by atomic mass is 33.5. The Labute approximate surface area is 417 Å². The maximum absolute atomic E-state index is 14.5. The van der Waals surface area contributed by atoms with E-state index in [-0.39, 0.29) is 49.0 Å². The summed E-state index contributed by atoms with van der Waals surface area (Å²) in [5, 5.41) is 27.7. The number of likely N-dealkylation sites (tertiary alicyclic amines) is 1. The predicted molar refractivity (Wildman–Crippen MR) is 262 cm³/mol. The molecule has 11 amide bonds. The molecule has 0 radical (unpaired) electrons. The highest BCUT2D eigenvalue weighted by Crippen LogP contribution is 2.35. The van der Waals surface area contributed by atoms with Crippen LogP contribution in [0.25, 0.3) is 0 Å². The van der Waals surface area contributed by atoms with Crippen LogP contribution >= 0.6 is 31.4 Å². The first kappa shape index (κ1) is 58.5. The van der Waals surface area contributed by atoms with Gasteiger partial charge in [0.15, 0.2) is 0 Å². The number of hydrogen-bond donors (Lipinski definition) is 12. The lowest BCUT2D eigenvalue weighted by molar-refractivity contribution is -0.142. The van der Waals surface area contributed by atoms with Gasteiger partial charge >= 0.3 is 0 Å². The van der Waals surface area contributed by atoms with Gasteiger partial charge in [0.25, 0.3) is 0 Å². The number of primary amides is 3. The second-order valence-electron chi connectivity index (χ2n) is 17.5. The van der Waals surface area contributed by atoms with E-state index in [1.165, 1.54) is 17.0 Å². The standard InChI is InChI=1S/C43H66N12O12S3/c1-5-22(4)35-42(66)49-26(12-13-32(45)57)38(62)51-29(17-33(46)58)39(63)53-30(43(67)55-14-6-7-31(55)41(65)52-27(15-21(2)3)37(61)48-18-34(47)59)20-69-70-68-19-25(44)36(60)50-28(40(64)54-35)16-23-8-10-24(56)11-9-23/h8-11,21-22,25-31,35,56H,5-7,12-20,44H2,1-4H3,(H2,45,57)(H2,46,58)(H2,47,59)(H,48,61)(H,49,66)(H,50,60)(H,51,62)(H,52,65)(H,53,63)(H,54,64)/t22-,25-,26-,27-,28-,29-,30-,31-,35-/m0/s1. The first-order valence-corrected chi connectivity index (χ1v) is 26.5. The van der Waals surface area contributed by atoms with Gasteiger partial charge in [-0.15, -0.1) is 0 Å². The van der Waals surface area contributed by atoms with Gasteiger partial charge in [-0.1, -0.05) is 67.8 Å². The minimum atomic E-state index is -1.75. The Morgan fingerprint density at radius 3 is 2.01 bits per heavy atom. The summed E-state index contributed by atoms with van der Waals surface area (Å²) >= 11 is 0. The largest absolute Gasteiger partial charge is 0.508 e. The average Bonchev–Trinajstić information content (AvgIpc) is 3.79. The van der Waals surface area contributed by atoms with Gasteiger partial charge in [0.05, 0.1) is 19.0 Å². The third kappa shape index (κ3) is 19.2. The van der Waals surface area contributed by atoms with Crippen molar-refractivity contribution in [1.82, 2.24) is 42.1 Å². The maximum atomic E-state index is 14.5. The second kappa shape index (κ2) is 28.8. The first-order chi connectivity index (χ1) is 33.0. The second-order valence-corrected chi connectivity index (χ2v) is 21.8. The average molecular weight is 1040 g/mol. The molecule has 16 N–H and O–H groups in total. The lowest BCUT2D eigenvalue weighted by Gasteiger charge is -2.31. The molecular weight excluding hydrogens is 973 g/mol. The molecule has 70 heavy (non-hydrogen) atoms. The summed E-state index contributed by atoms with van der Waals surface area (Å²) in [6.07, 6.45) is -0.657. The minimum absolute atomic E-state index is 0.0156.